The number of aromatic nitrogens is 3. The molecule has 0 bridgehead atoms. The second-order valence-electron chi connectivity index (χ2n) is 5.79. The van der Waals surface area contributed by atoms with Crippen molar-refractivity contribution in [2.45, 2.75) is 19.3 Å². The first-order valence-electron chi connectivity index (χ1n) is 7.05. The zero-order valence-electron chi connectivity index (χ0n) is 11.2. The highest BCUT2D eigenvalue weighted by Gasteiger charge is 2.40. The summed E-state index contributed by atoms with van der Waals surface area (Å²) in [6.07, 6.45) is 5.19. The third-order valence-corrected chi connectivity index (χ3v) is 4.85. The van der Waals surface area contributed by atoms with E-state index >= 15 is 0 Å². The van der Waals surface area contributed by atoms with Gasteiger partial charge in [-0.1, -0.05) is 11.6 Å². The number of rotatable bonds is 1. The number of hydrogen-bond donors (Lipinski definition) is 0. The van der Waals surface area contributed by atoms with Crippen LogP contribution in [0.3, 0.4) is 0 Å². The van der Waals surface area contributed by atoms with E-state index in [1.165, 1.54) is 19.0 Å². The van der Waals surface area contributed by atoms with Gasteiger partial charge in [-0.2, -0.15) is 4.98 Å². The normalized spacial score (nSPS) is 24.8. The number of halogens is 3. The van der Waals surface area contributed by atoms with Crippen LogP contribution in [0.4, 0.5) is 10.2 Å². The summed E-state index contributed by atoms with van der Waals surface area (Å²) in [5, 5.41) is 0.414. The molecular weight excluding hydrogens is 314 g/mol. The minimum atomic E-state index is -0.640. The van der Waals surface area contributed by atoms with E-state index in [-0.39, 0.29) is 16.0 Å². The second-order valence-corrected chi connectivity index (χ2v) is 6.48. The van der Waals surface area contributed by atoms with Gasteiger partial charge in [0.1, 0.15) is 11.3 Å². The highest BCUT2D eigenvalue weighted by Crippen LogP contribution is 2.45. The molecule has 0 N–H and O–H groups in total. The standard InChI is InChI=1S/C14H13Cl2FN4/c15-12-10(17)11-9(5-18-12)13(20-14(16)19-11)21-3-1-2-7-4-8(7)6-21/h5,7-8H,1-4,6H2. The molecule has 4 rings (SSSR count). The number of anilines is 1. The first kappa shape index (κ1) is 13.5. The van der Waals surface area contributed by atoms with E-state index in [9.17, 15) is 4.39 Å². The topological polar surface area (TPSA) is 41.9 Å². The molecule has 1 saturated heterocycles. The van der Waals surface area contributed by atoms with E-state index in [4.69, 9.17) is 23.2 Å². The lowest BCUT2D eigenvalue weighted by atomic mass is 10.2. The highest BCUT2D eigenvalue weighted by molar-refractivity contribution is 6.30. The Kier molecular flexibility index (Phi) is 3.15. The molecule has 7 heteroatoms. The molecule has 1 saturated carbocycles. The average Bonchev–Trinajstić information content (AvgIpc) is 3.20. The molecule has 0 spiro atoms. The van der Waals surface area contributed by atoms with Gasteiger partial charge in [0.15, 0.2) is 11.0 Å². The van der Waals surface area contributed by atoms with Crippen LogP contribution in [0.25, 0.3) is 10.9 Å². The molecule has 2 unspecified atom stereocenters. The van der Waals surface area contributed by atoms with Gasteiger partial charge in [-0.3, -0.25) is 0 Å². The number of fused-ring (bicyclic) bond motifs is 2. The lowest BCUT2D eigenvalue weighted by Gasteiger charge is -2.23. The molecule has 2 fully saturated rings. The van der Waals surface area contributed by atoms with Crippen molar-refractivity contribution < 1.29 is 4.39 Å². The monoisotopic (exact) mass is 326 g/mol. The smallest absolute Gasteiger partial charge is 0.225 e. The van der Waals surface area contributed by atoms with Crippen molar-refractivity contribution >= 4 is 39.9 Å². The maximum atomic E-state index is 14.1. The molecule has 0 radical (unpaired) electrons. The molecule has 0 aromatic carbocycles. The molecule has 2 aliphatic rings. The second kappa shape index (κ2) is 4.92. The van der Waals surface area contributed by atoms with Crippen molar-refractivity contribution in [2.75, 3.05) is 18.0 Å². The van der Waals surface area contributed by atoms with Gasteiger partial charge in [0, 0.05) is 19.3 Å². The van der Waals surface area contributed by atoms with Gasteiger partial charge in [-0.25, -0.2) is 14.4 Å². The molecule has 2 aromatic heterocycles. The maximum Gasteiger partial charge on any atom is 0.225 e. The van der Waals surface area contributed by atoms with Gasteiger partial charge in [0.25, 0.3) is 0 Å². The quantitative estimate of drug-likeness (QED) is 0.591. The lowest BCUT2D eigenvalue weighted by Crippen LogP contribution is -2.27. The van der Waals surface area contributed by atoms with Crippen LogP contribution in [0, 0.1) is 17.7 Å². The van der Waals surface area contributed by atoms with Crippen LogP contribution in [0.5, 0.6) is 0 Å². The molecule has 2 aromatic rings. The van der Waals surface area contributed by atoms with Crippen LogP contribution < -0.4 is 4.90 Å². The first-order valence-corrected chi connectivity index (χ1v) is 7.81. The third kappa shape index (κ3) is 2.32. The Balaban J connectivity index is 1.85. The minimum Gasteiger partial charge on any atom is -0.356 e. The highest BCUT2D eigenvalue weighted by atomic mass is 35.5. The van der Waals surface area contributed by atoms with Gasteiger partial charge in [0.2, 0.25) is 5.28 Å². The summed E-state index contributed by atoms with van der Waals surface area (Å²) < 4.78 is 14.1. The van der Waals surface area contributed by atoms with Gasteiger partial charge in [-0.05, 0) is 42.7 Å². The Hall–Kier alpha value is -1.20. The Morgan fingerprint density at radius 1 is 1.24 bits per heavy atom. The summed E-state index contributed by atoms with van der Waals surface area (Å²) >= 11 is 11.7. The zero-order chi connectivity index (χ0) is 14.6. The molecule has 1 aliphatic heterocycles. The Labute approximate surface area is 131 Å². The van der Waals surface area contributed by atoms with Crippen LogP contribution in [0.1, 0.15) is 19.3 Å². The lowest BCUT2D eigenvalue weighted by molar-refractivity contribution is 0.630. The van der Waals surface area contributed by atoms with E-state index < -0.39 is 5.82 Å². The van der Waals surface area contributed by atoms with E-state index in [0.29, 0.717) is 11.2 Å². The van der Waals surface area contributed by atoms with E-state index in [0.717, 1.165) is 31.3 Å². The van der Waals surface area contributed by atoms with Crippen molar-refractivity contribution in [2.24, 2.45) is 11.8 Å². The van der Waals surface area contributed by atoms with Crippen molar-refractivity contribution in [3.8, 4) is 0 Å². The van der Waals surface area contributed by atoms with Crippen molar-refractivity contribution in [1.82, 2.24) is 15.0 Å². The summed E-state index contributed by atoms with van der Waals surface area (Å²) in [5.41, 5.74) is 0.140. The molecule has 110 valence electrons. The molecule has 4 nitrogen and oxygen atoms in total. The number of nitrogens with zero attached hydrogens (tertiary/aromatic N) is 4. The fourth-order valence-corrected chi connectivity index (χ4v) is 3.54. The molecule has 1 aliphatic carbocycles. The zero-order valence-corrected chi connectivity index (χ0v) is 12.7. The number of pyridine rings is 1. The van der Waals surface area contributed by atoms with Crippen molar-refractivity contribution in [3.63, 3.8) is 0 Å². The molecule has 3 heterocycles. The fraction of sp³-hybridized carbons (Fsp3) is 0.500. The summed E-state index contributed by atoms with van der Waals surface area (Å²) in [4.78, 5) is 14.4. The van der Waals surface area contributed by atoms with Gasteiger partial charge in [0.05, 0.1) is 5.39 Å². The molecule has 0 amide bonds. The fourth-order valence-electron chi connectivity index (χ4n) is 3.23. The van der Waals surface area contributed by atoms with E-state index in [1.807, 2.05) is 0 Å². The van der Waals surface area contributed by atoms with E-state index in [2.05, 4.69) is 19.9 Å². The summed E-state index contributed by atoms with van der Waals surface area (Å²) in [7, 11) is 0. The SMILES string of the molecule is Fc1c(Cl)ncc2c(N3CCCC4CC4C3)nc(Cl)nc12. The minimum absolute atomic E-state index is 0.0373. The van der Waals surface area contributed by atoms with Crippen LogP contribution in [-0.2, 0) is 0 Å². The predicted molar refractivity (Wildman–Crippen MR) is 80.4 cm³/mol. The van der Waals surface area contributed by atoms with Crippen LogP contribution >= 0.6 is 23.2 Å². The van der Waals surface area contributed by atoms with Crippen molar-refractivity contribution in [1.29, 1.82) is 0 Å². The molecule has 2 atom stereocenters. The Morgan fingerprint density at radius 2 is 2.10 bits per heavy atom. The summed E-state index contributed by atoms with van der Waals surface area (Å²) in [5.74, 6) is 1.60. The third-order valence-electron chi connectivity index (χ3n) is 4.42. The van der Waals surface area contributed by atoms with E-state index in [1.54, 1.807) is 0 Å². The number of hydrogen-bond acceptors (Lipinski definition) is 4. The Morgan fingerprint density at radius 3 is 2.95 bits per heavy atom. The Bertz CT molecular complexity index is 724. The molecular formula is C14H13Cl2FN4. The van der Waals surface area contributed by atoms with Crippen molar-refractivity contribution in [3.05, 3.63) is 22.5 Å². The first-order chi connectivity index (χ1) is 10.1. The van der Waals surface area contributed by atoms with Crippen LogP contribution in [0.2, 0.25) is 10.4 Å². The maximum absolute atomic E-state index is 14.1. The van der Waals surface area contributed by atoms with Crippen LogP contribution in [0.15, 0.2) is 6.20 Å². The summed E-state index contributed by atoms with van der Waals surface area (Å²) in [6, 6.07) is 0. The predicted octanol–water partition coefficient (Wildman–Crippen LogP) is 3.71. The summed E-state index contributed by atoms with van der Waals surface area (Å²) in [6.45, 7) is 1.84. The molecule has 21 heavy (non-hydrogen) atoms. The largest absolute Gasteiger partial charge is 0.356 e. The van der Waals surface area contributed by atoms with Gasteiger partial charge in [-0.15, -0.1) is 0 Å². The van der Waals surface area contributed by atoms with Crippen LogP contribution in [-0.4, -0.2) is 28.0 Å². The van der Waals surface area contributed by atoms with Gasteiger partial charge < -0.3 is 4.90 Å². The average molecular weight is 327 g/mol. The van der Waals surface area contributed by atoms with Gasteiger partial charge >= 0.3 is 0 Å².